The second-order valence-electron chi connectivity index (χ2n) is 3.75. The van der Waals surface area contributed by atoms with Crippen LogP contribution in [-0.4, -0.2) is 18.8 Å². The van der Waals surface area contributed by atoms with Gasteiger partial charge in [-0.05, 0) is 31.4 Å². The molecular formula is C12H19NO2. The zero-order valence-electron chi connectivity index (χ0n) is 9.58. The summed E-state index contributed by atoms with van der Waals surface area (Å²) in [5, 5.41) is 8.86. The monoisotopic (exact) mass is 209 g/mol. The molecule has 15 heavy (non-hydrogen) atoms. The third kappa shape index (κ3) is 2.49. The van der Waals surface area contributed by atoms with Crippen LogP contribution in [0.15, 0.2) is 12.1 Å². The fraction of sp³-hybridized carbons (Fsp3) is 0.500. The van der Waals surface area contributed by atoms with E-state index in [1.165, 1.54) is 5.56 Å². The van der Waals surface area contributed by atoms with Crippen LogP contribution in [0.5, 0.6) is 5.75 Å². The number of aliphatic hydroxyl groups is 1. The standard InChI is InChI=1S/C12H19NO2/c1-8-4-5-10(11(13)6-7-14)12(15-3)9(8)2/h4-5,11,14H,6-7,13H2,1-3H3. The van der Waals surface area contributed by atoms with Gasteiger partial charge in [-0.25, -0.2) is 0 Å². The largest absolute Gasteiger partial charge is 0.496 e. The molecule has 0 aliphatic heterocycles. The van der Waals surface area contributed by atoms with Crippen molar-refractivity contribution in [3.63, 3.8) is 0 Å². The van der Waals surface area contributed by atoms with Crippen molar-refractivity contribution < 1.29 is 9.84 Å². The van der Waals surface area contributed by atoms with Crippen molar-refractivity contribution in [1.29, 1.82) is 0 Å². The van der Waals surface area contributed by atoms with E-state index in [1.807, 2.05) is 26.0 Å². The number of ether oxygens (including phenoxy) is 1. The van der Waals surface area contributed by atoms with E-state index >= 15 is 0 Å². The summed E-state index contributed by atoms with van der Waals surface area (Å²) in [6, 6.07) is 3.84. The zero-order valence-corrected chi connectivity index (χ0v) is 9.58. The summed E-state index contributed by atoms with van der Waals surface area (Å²) in [5.41, 5.74) is 9.23. The van der Waals surface area contributed by atoms with Crippen molar-refractivity contribution in [3.05, 3.63) is 28.8 Å². The summed E-state index contributed by atoms with van der Waals surface area (Å²) in [4.78, 5) is 0. The zero-order chi connectivity index (χ0) is 11.4. The molecule has 1 rings (SSSR count). The molecule has 0 aliphatic carbocycles. The van der Waals surface area contributed by atoms with E-state index in [9.17, 15) is 0 Å². The second-order valence-corrected chi connectivity index (χ2v) is 3.75. The van der Waals surface area contributed by atoms with Crippen molar-refractivity contribution in [1.82, 2.24) is 0 Å². The molecule has 0 aromatic heterocycles. The molecule has 1 aromatic carbocycles. The van der Waals surface area contributed by atoms with E-state index in [2.05, 4.69) is 0 Å². The maximum absolute atomic E-state index is 8.86. The highest BCUT2D eigenvalue weighted by Gasteiger charge is 2.14. The molecule has 1 aromatic rings. The Bertz CT molecular complexity index is 337. The molecule has 3 N–H and O–H groups in total. The fourth-order valence-corrected chi connectivity index (χ4v) is 1.67. The first kappa shape index (κ1) is 12.0. The number of rotatable bonds is 4. The molecule has 0 heterocycles. The van der Waals surface area contributed by atoms with E-state index in [4.69, 9.17) is 15.6 Å². The first-order valence-electron chi connectivity index (χ1n) is 5.12. The first-order chi connectivity index (χ1) is 7.11. The average molecular weight is 209 g/mol. The van der Waals surface area contributed by atoms with E-state index in [0.29, 0.717) is 6.42 Å². The van der Waals surface area contributed by atoms with Crippen LogP contribution in [0.25, 0.3) is 0 Å². The van der Waals surface area contributed by atoms with Gasteiger partial charge in [-0.1, -0.05) is 12.1 Å². The van der Waals surface area contributed by atoms with Gasteiger partial charge in [0, 0.05) is 18.2 Å². The van der Waals surface area contributed by atoms with Crippen molar-refractivity contribution in [2.75, 3.05) is 13.7 Å². The van der Waals surface area contributed by atoms with E-state index < -0.39 is 0 Å². The lowest BCUT2D eigenvalue weighted by Crippen LogP contribution is -2.13. The minimum Gasteiger partial charge on any atom is -0.496 e. The van der Waals surface area contributed by atoms with E-state index in [-0.39, 0.29) is 12.6 Å². The van der Waals surface area contributed by atoms with Crippen molar-refractivity contribution in [2.24, 2.45) is 5.73 Å². The molecular weight excluding hydrogens is 190 g/mol. The van der Waals surface area contributed by atoms with Gasteiger partial charge in [0.25, 0.3) is 0 Å². The third-order valence-corrected chi connectivity index (χ3v) is 2.75. The van der Waals surface area contributed by atoms with Crippen molar-refractivity contribution >= 4 is 0 Å². The molecule has 0 amide bonds. The Morgan fingerprint density at radius 3 is 2.60 bits per heavy atom. The Morgan fingerprint density at radius 1 is 1.40 bits per heavy atom. The Morgan fingerprint density at radius 2 is 2.07 bits per heavy atom. The molecule has 0 saturated heterocycles. The van der Waals surface area contributed by atoms with Crippen LogP contribution in [0.3, 0.4) is 0 Å². The molecule has 1 unspecified atom stereocenters. The Labute approximate surface area is 90.9 Å². The number of hydrogen-bond acceptors (Lipinski definition) is 3. The minimum absolute atomic E-state index is 0.0945. The highest BCUT2D eigenvalue weighted by molar-refractivity contribution is 5.46. The normalized spacial score (nSPS) is 12.6. The molecule has 0 spiro atoms. The molecule has 1 atom stereocenters. The van der Waals surface area contributed by atoms with Gasteiger partial charge in [0.1, 0.15) is 5.75 Å². The number of aliphatic hydroxyl groups excluding tert-OH is 1. The predicted molar refractivity (Wildman–Crippen MR) is 61.1 cm³/mol. The highest BCUT2D eigenvalue weighted by Crippen LogP contribution is 2.30. The second kappa shape index (κ2) is 5.14. The van der Waals surface area contributed by atoms with Gasteiger partial charge >= 0.3 is 0 Å². The number of nitrogens with two attached hydrogens (primary N) is 1. The third-order valence-electron chi connectivity index (χ3n) is 2.75. The summed E-state index contributed by atoms with van der Waals surface area (Å²) in [6.07, 6.45) is 0.554. The van der Waals surface area contributed by atoms with Crippen LogP contribution in [-0.2, 0) is 0 Å². The number of methoxy groups -OCH3 is 1. The molecule has 0 bridgehead atoms. The number of hydrogen-bond donors (Lipinski definition) is 2. The van der Waals surface area contributed by atoms with E-state index in [0.717, 1.165) is 16.9 Å². The van der Waals surface area contributed by atoms with Crippen molar-refractivity contribution in [3.8, 4) is 5.75 Å². The molecule has 0 fully saturated rings. The van der Waals surface area contributed by atoms with Crippen LogP contribution in [0, 0.1) is 13.8 Å². The fourth-order valence-electron chi connectivity index (χ4n) is 1.67. The maximum atomic E-state index is 8.86. The maximum Gasteiger partial charge on any atom is 0.126 e. The average Bonchev–Trinajstić information content (AvgIpc) is 2.22. The van der Waals surface area contributed by atoms with Crippen LogP contribution in [0.1, 0.15) is 29.2 Å². The van der Waals surface area contributed by atoms with Gasteiger partial charge in [-0.3, -0.25) is 0 Å². The summed E-state index contributed by atoms with van der Waals surface area (Å²) < 4.78 is 5.36. The smallest absolute Gasteiger partial charge is 0.126 e. The lowest BCUT2D eigenvalue weighted by Gasteiger charge is -2.17. The van der Waals surface area contributed by atoms with Gasteiger partial charge < -0.3 is 15.6 Å². The Balaban J connectivity index is 3.12. The van der Waals surface area contributed by atoms with Crippen LogP contribution < -0.4 is 10.5 Å². The lowest BCUT2D eigenvalue weighted by atomic mass is 9.98. The van der Waals surface area contributed by atoms with Crippen LogP contribution >= 0.6 is 0 Å². The summed E-state index contributed by atoms with van der Waals surface area (Å²) in [7, 11) is 1.65. The van der Waals surface area contributed by atoms with Gasteiger partial charge in [-0.2, -0.15) is 0 Å². The molecule has 3 nitrogen and oxygen atoms in total. The van der Waals surface area contributed by atoms with E-state index in [1.54, 1.807) is 7.11 Å². The number of aryl methyl sites for hydroxylation is 1. The quantitative estimate of drug-likeness (QED) is 0.793. The molecule has 0 radical (unpaired) electrons. The summed E-state index contributed by atoms with van der Waals surface area (Å²) >= 11 is 0. The predicted octanol–water partition coefficient (Wildman–Crippen LogP) is 1.69. The Hall–Kier alpha value is -1.06. The highest BCUT2D eigenvalue weighted by atomic mass is 16.5. The first-order valence-corrected chi connectivity index (χ1v) is 5.12. The summed E-state index contributed by atoms with van der Waals surface area (Å²) in [6.45, 7) is 4.15. The summed E-state index contributed by atoms with van der Waals surface area (Å²) in [5.74, 6) is 0.843. The molecule has 0 saturated carbocycles. The lowest BCUT2D eigenvalue weighted by molar-refractivity contribution is 0.275. The van der Waals surface area contributed by atoms with Crippen LogP contribution in [0.2, 0.25) is 0 Å². The molecule has 0 aliphatic rings. The van der Waals surface area contributed by atoms with Gasteiger partial charge in [0.2, 0.25) is 0 Å². The molecule has 84 valence electrons. The van der Waals surface area contributed by atoms with Gasteiger partial charge in [0.15, 0.2) is 0 Å². The SMILES string of the molecule is COc1c(C(N)CCO)ccc(C)c1C. The van der Waals surface area contributed by atoms with Crippen molar-refractivity contribution in [2.45, 2.75) is 26.3 Å². The topological polar surface area (TPSA) is 55.5 Å². The Kier molecular flexibility index (Phi) is 4.12. The van der Waals surface area contributed by atoms with Gasteiger partial charge in [0.05, 0.1) is 7.11 Å². The minimum atomic E-state index is -0.163. The van der Waals surface area contributed by atoms with Gasteiger partial charge in [-0.15, -0.1) is 0 Å². The van der Waals surface area contributed by atoms with Crippen LogP contribution in [0.4, 0.5) is 0 Å². The number of benzene rings is 1. The molecule has 3 heteroatoms.